The fraction of sp³-hybridized carbons (Fsp3) is 0.800. The molecular formula is C20H28O4. The molecule has 2 aliphatic heterocycles. The molecule has 1 unspecified atom stereocenters. The van der Waals surface area contributed by atoms with E-state index in [-0.39, 0.29) is 22.8 Å². The molecule has 2 aliphatic carbocycles. The highest BCUT2D eigenvalue weighted by atomic mass is 16.5. The van der Waals surface area contributed by atoms with E-state index in [1.807, 2.05) is 0 Å². The molecule has 0 amide bonds. The first-order valence-corrected chi connectivity index (χ1v) is 9.49. The second-order valence-electron chi connectivity index (χ2n) is 8.72. The molecule has 0 aromatic carbocycles. The number of esters is 2. The van der Waals surface area contributed by atoms with Crippen LogP contribution in [0.4, 0.5) is 0 Å². The van der Waals surface area contributed by atoms with E-state index in [1.54, 1.807) is 0 Å². The van der Waals surface area contributed by atoms with Crippen molar-refractivity contribution in [2.24, 2.45) is 28.6 Å². The molecule has 4 nitrogen and oxygen atoms in total. The van der Waals surface area contributed by atoms with Gasteiger partial charge in [-0.05, 0) is 55.8 Å². The first-order valence-electron chi connectivity index (χ1n) is 9.49. The molecule has 2 heterocycles. The standard InChI is InChI=1S/C20H28O4/c1-13-6-9-20-12-24-18(22)15(20)4-3-5-16(20)19(13,2)8-7-14-10-17(21)23-11-14/h4,13-14,16H,3,5-12H2,1-2H3/t13-,14?,16-,19+,20-/m1/s1. The van der Waals surface area contributed by atoms with E-state index in [4.69, 9.17) is 9.47 Å². The first-order chi connectivity index (χ1) is 11.5. The lowest BCUT2D eigenvalue weighted by Gasteiger charge is -2.56. The van der Waals surface area contributed by atoms with Crippen LogP contribution in [-0.2, 0) is 19.1 Å². The van der Waals surface area contributed by atoms with E-state index in [0.717, 1.165) is 44.1 Å². The highest BCUT2D eigenvalue weighted by Gasteiger charge is 2.60. The van der Waals surface area contributed by atoms with Gasteiger partial charge in [0.2, 0.25) is 0 Å². The fourth-order valence-electron chi connectivity index (χ4n) is 5.97. The topological polar surface area (TPSA) is 52.6 Å². The molecule has 2 saturated heterocycles. The van der Waals surface area contributed by atoms with Crippen molar-refractivity contribution in [1.82, 2.24) is 0 Å². The molecule has 0 N–H and O–H groups in total. The van der Waals surface area contributed by atoms with Crippen LogP contribution in [0.25, 0.3) is 0 Å². The Balaban J connectivity index is 1.58. The molecule has 1 spiro atoms. The summed E-state index contributed by atoms with van der Waals surface area (Å²) in [5, 5.41) is 0. The van der Waals surface area contributed by atoms with Gasteiger partial charge in [-0.2, -0.15) is 0 Å². The summed E-state index contributed by atoms with van der Waals surface area (Å²) in [6.45, 7) is 5.97. The number of cyclic esters (lactones) is 2. The molecule has 4 heteroatoms. The third-order valence-electron chi connectivity index (χ3n) is 7.66. The van der Waals surface area contributed by atoms with Crippen LogP contribution in [0.3, 0.4) is 0 Å². The number of hydrogen-bond donors (Lipinski definition) is 0. The Hall–Kier alpha value is -1.32. The largest absolute Gasteiger partial charge is 0.465 e. The van der Waals surface area contributed by atoms with Gasteiger partial charge in [-0.1, -0.05) is 19.9 Å². The molecule has 3 fully saturated rings. The Morgan fingerprint density at radius 2 is 2.08 bits per heavy atom. The number of carbonyl (C=O) groups excluding carboxylic acids is 2. The average Bonchev–Trinajstić information content (AvgIpc) is 3.13. The summed E-state index contributed by atoms with van der Waals surface area (Å²) in [6, 6.07) is 0. The van der Waals surface area contributed by atoms with Crippen molar-refractivity contribution in [2.45, 2.75) is 58.8 Å². The summed E-state index contributed by atoms with van der Waals surface area (Å²) in [7, 11) is 0. The zero-order valence-corrected chi connectivity index (χ0v) is 14.8. The van der Waals surface area contributed by atoms with Crippen molar-refractivity contribution < 1.29 is 19.1 Å². The molecule has 0 bridgehead atoms. The molecule has 0 aromatic rings. The van der Waals surface area contributed by atoms with E-state index < -0.39 is 0 Å². The second kappa shape index (κ2) is 5.60. The average molecular weight is 332 g/mol. The van der Waals surface area contributed by atoms with Crippen LogP contribution in [0, 0.1) is 28.6 Å². The Bertz CT molecular complexity index is 594. The highest BCUT2D eigenvalue weighted by Crippen LogP contribution is 2.64. The molecule has 4 aliphatic rings. The lowest BCUT2D eigenvalue weighted by atomic mass is 9.46. The van der Waals surface area contributed by atoms with Crippen LogP contribution in [0.15, 0.2) is 11.6 Å². The molecule has 1 saturated carbocycles. The van der Waals surface area contributed by atoms with Crippen molar-refractivity contribution in [3.8, 4) is 0 Å². The van der Waals surface area contributed by atoms with Crippen LogP contribution in [-0.4, -0.2) is 25.2 Å². The highest BCUT2D eigenvalue weighted by molar-refractivity contribution is 5.92. The Kier molecular flexibility index (Phi) is 3.77. The zero-order valence-electron chi connectivity index (χ0n) is 14.8. The lowest BCUT2D eigenvalue weighted by molar-refractivity contribution is -0.138. The van der Waals surface area contributed by atoms with Gasteiger partial charge in [-0.15, -0.1) is 0 Å². The number of carbonyl (C=O) groups is 2. The van der Waals surface area contributed by atoms with Gasteiger partial charge in [0.05, 0.1) is 13.0 Å². The van der Waals surface area contributed by atoms with E-state index in [9.17, 15) is 9.59 Å². The molecule has 24 heavy (non-hydrogen) atoms. The molecule has 4 rings (SSSR count). The third kappa shape index (κ3) is 2.25. The minimum atomic E-state index is -0.0774. The van der Waals surface area contributed by atoms with Gasteiger partial charge in [0, 0.05) is 16.9 Å². The van der Waals surface area contributed by atoms with Crippen molar-refractivity contribution >= 4 is 11.9 Å². The van der Waals surface area contributed by atoms with Crippen molar-refractivity contribution in [3.05, 3.63) is 11.6 Å². The van der Waals surface area contributed by atoms with Crippen LogP contribution < -0.4 is 0 Å². The molecular weight excluding hydrogens is 304 g/mol. The molecule has 5 atom stereocenters. The number of rotatable bonds is 3. The number of ether oxygens (including phenoxy) is 2. The van der Waals surface area contributed by atoms with Gasteiger partial charge in [0.1, 0.15) is 6.61 Å². The maximum atomic E-state index is 12.2. The number of allylic oxidation sites excluding steroid dienone is 1. The zero-order chi connectivity index (χ0) is 16.9. The van der Waals surface area contributed by atoms with Crippen LogP contribution in [0.5, 0.6) is 0 Å². The second-order valence-corrected chi connectivity index (χ2v) is 8.72. The Morgan fingerprint density at radius 3 is 2.83 bits per heavy atom. The van der Waals surface area contributed by atoms with Crippen LogP contribution in [0.2, 0.25) is 0 Å². The predicted octanol–water partition coefficient (Wildman–Crippen LogP) is 3.65. The Labute approximate surface area is 144 Å². The minimum Gasteiger partial charge on any atom is -0.465 e. The summed E-state index contributed by atoms with van der Waals surface area (Å²) >= 11 is 0. The predicted molar refractivity (Wildman–Crippen MR) is 89.0 cm³/mol. The van der Waals surface area contributed by atoms with Crippen molar-refractivity contribution in [3.63, 3.8) is 0 Å². The summed E-state index contributed by atoms with van der Waals surface area (Å²) < 4.78 is 10.6. The van der Waals surface area contributed by atoms with Crippen LogP contribution in [0.1, 0.15) is 58.8 Å². The summed E-state index contributed by atoms with van der Waals surface area (Å²) in [5.41, 5.74) is 1.13. The maximum Gasteiger partial charge on any atom is 0.334 e. The quantitative estimate of drug-likeness (QED) is 0.740. The van der Waals surface area contributed by atoms with Crippen molar-refractivity contribution in [2.75, 3.05) is 13.2 Å². The van der Waals surface area contributed by atoms with E-state index in [2.05, 4.69) is 19.9 Å². The normalized spacial score (nSPS) is 44.4. The maximum absolute atomic E-state index is 12.2. The van der Waals surface area contributed by atoms with Gasteiger partial charge >= 0.3 is 11.9 Å². The molecule has 0 aromatic heterocycles. The van der Waals surface area contributed by atoms with Gasteiger partial charge < -0.3 is 9.47 Å². The van der Waals surface area contributed by atoms with Crippen molar-refractivity contribution in [1.29, 1.82) is 0 Å². The third-order valence-corrected chi connectivity index (χ3v) is 7.66. The van der Waals surface area contributed by atoms with Crippen LogP contribution >= 0.6 is 0 Å². The smallest absolute Gasteiger partial charge is 0.334 e. The SMILES string of the molecule is C[C@@H]1CC[C@@]23COC(=O)C2=CCC[C@@H]3[C@@]1(C)CCC1COC(=O)C1. The fourth-order valence-corrected chi connectivity index (χ4v) is 5.97. The van der Waals surface area contributed by atoms with E-state index >= 15 is 0 Å². The van der Waals surface area contributed by atoms with E-state index in [1.165, 1.54) is 0 Å². The van der Waals surface area contributed by atoms with Gasteiger partial charge in [-0.3, -0.25) is 4.79 Å². The minimum absolute atomic E-state index is 0.0431. The van der Waals surface area contributed by atoms with Gasteiger partial charge in [-0.25, -0.2) is 4.79 Å². The monoisotopic (exact) mass is 332 g/mol. The van der Waals surface area contributed by atoms with Gasteiger partial charge in [0.15, 0.2) is 0 Å². The summed E-state index contributed by atoms with van der Waals surface area (Å²) in [5.74, 6) is 1.40. The summed E-state index contributed by atoms with van der Waals surface area (Å²) in [6.07, 6.45) is 9.26. The molecule has 132 valence electrons. The first kappa shape index (κ1) is 16.2. The Morgan fingerprint density at radius 1 is 1.25 bits per heavy atom. The number of hydrogen-bond acceptors (Lipinski definition) is 4. The van der Waals surface area contributed by atoms with Gasteiger partial charge in [0.25, 0.3) is 0 Å². The molecule has 0 radical (unpaired) electrons. The summed E-state index contributed by atoms with van der Waals surface area (Å²) in [4.78, 5) is 23.6. The van der Waals surface area contributed by atoms with E-state index in [0.29, 0.717) is 37.4 Å². The lowest BCUT2D eigenvalue weighted by Crippen LogP contribution is -2.51.